The predicted octanol–water partition coefficient (Wildman–Crippen LogP) is 5.38. The number of pyridine rings is 2. The van der Waals surface area contributed by atoms with Crippen molar-refractivity contribution in [3.63, 3.8) is 0 Å². The highest BCUT2D eigenvalue weighted by Gasteiger charge is 2.18. The molecule has 0 aliphatic heterocycles. The van der Waals surface area contributed by atoms with E-state index >= 15 is 0 Å². The number of hydrogen-bond acceptors (Lipinski definition) is 11. The van der Waals surface area contributed by atoms with Crippen LogP contribution in [0.2, 0.25) is 5.15 Å². The van der Waals surface area contributed by atoms with Crippen LogP contribution in [0, 0.1) is 22.7 Å². The first kappa shape index (κ1) is 33.6. The van der Waals surface area contributed by atoms with Crippen molar-refractivity contribution in [3.05, 3.63) is 138 Å². The summed E-state index contributed by atoms with van der Waals surface area (Å²) < 4.78 is 1.67. The first-order chi connectivity index (χ1) is 24.7. The van der Waals surface area contributed by atoms with E-state index in [2.05, 4.69) is 41.6 Å². The average molecular weight is 694 g/mol. The number of anilines is 6. The van der Waals surface area contributed by atoms with Gasteiger partial charge in [0.2, 0.25) is 0 Å². The number of carbonyl (C=O) groups is 2. The van der Waals surface area contributed by atoms with Crippen molar-refractivity contribution in [2.75, 3.05) is 34.5 Å². The van der Waals surface area contributed by atoms with Gasteiger partial charge in [-0.25, -0.2) is 24.5 Å². The molecule has 0 atom stereocenters. The molecule has 4 heterocycles. The quantitative estimate of drug-likeness (QED) is 0.147. The Morgan fingerprint density at radius 1 is 0.745 bits per heavy atom. The van der Waals surface area contributed by atoms with E-state index in [-0.39, 0.29) is 22.1 Å². The van der Waals surface area contributed by atoms with Crippen LogP contribution in [0.25, 0.3) is 5.69 Å². The molecule has 6 rings (SSSR count). The number of nitrogens with one attached hydrogen (secondary N) is 2. The number of halogens is 1. The third-order valence-corrected chi connectivity index (χ3v) is 7.83. The van der Waals surface area contributed by atoms with Gasteiger partial charge in [0.15, 0.2) is 6.20 Å². The van der Waals surface area contributed by atoms with E-state index in [1.54, 1.807) is 108 Å². The van der Waals surface area contributed by atoms with Crippen LogP contribution in [0.5, 0.6) is 0 Å². The Bertz CT molecular complexity index is 2360. The SMILES string of the molecule is CN(c1cncnc1)c1ccnc(NC(=O)c2cc(C#N)cc(-[n+]3cncc(N(C)c4cc(Cl)nc(NC(=O)c5cccc(C#N)c5)c4)c3)c2)c1. The van der Waals surface area contributed by atoms with Gasteiger partial charge in [0, 0.05) is 61.0 Å². The van der Waals surface area contributed by atoms with Crippen LogP contribution in [-0.4, -0.2) is 50.8 Å². The fraction of sp³-hybridized carbons (Fsp3) is 0.0556. The lowest BCUT2D eigenvalue weighted by Crippen LogP contribution is -2.32. The lowest BCUT2D eigenvalue weighted by molar-refractivity contribution is -0.598. The van der Waals surface area contributed by atoms with E-state index in [0.29, 0.717) is 34.0 Å². The van der Waals surface area contributed by atoms with Gasteiger partial charge < -0.3 is 20.4 Å². The minimum Gasteiger partial charge on any atom is -0.342 e. The Balaban J connectivity index is 1.23. The molecule has 15 heteroatoms. The summed E-state index contributed by atoms with van der Waals surface area (Å²) in [6.07, 6.45) is 11.3. The molecule has 0 saturated carbocycles. The van der Waals surface area contributed by atoms with Gasteiger partial charge in [0.1, 0.15) is 40.7 Å². The van der Waals surface area contributed by atoms with Crippen LogP contribution in [-0.2, 0) is 0 Å². The molecule has 0 fully saturated rings. The number of nitrogens with zero attached hydrogens (tertiary/aromatic N) is 10. The van der Waals surface area contributed by atoms with Crippen molar-refractivity contribution >= 4 is 57.8 Å². The first-order valence-electron chi connectivity index (χ1n) is 15.1. The Morgan fingerprint density at radius 3 is 2.22 bits per heavy atom. The number of nitriles is 2. The summed E-state index contributed by atoms with van der Waals surface area (Å²) in [5.41, 5.74) is 4.34. The van der Waals surface area contributed by atoms with E-state index in [1.807, 2.05) is 18.0 Å². The van der Waals surface area contributed by atoms with E-state index < -0.39 is 11.8 Å². The van der Waals surface area contributed by atoms with Gasteiger partial charge in [0.05, 0.1) is 41.3 Å². The summed E-state index contributed by atoms with van der Waals surface area (Å²) >= 11 is 6.34. The number of benzene rings is 2. The summed E-state index contributed by atoms with van der Waals surface area (Å²) in [6.45, 7) is 0. The maximum absolute atomic E-state index is 13.5. The molecule has 0 spiro atoms. The number of carbonyl (C=O) groups excluding carboxylic acids is 2. The molecule has 0 unspecified atom stereocenters. The lowest BCUT2D eigenvalue weighted by atomic mass is 10.1. The summed E-state index contributed by atoms with van der Waals surface area (Å²) in [6, 6.07) is 22.0. The topological polar surface area (TPSA) is 181 Å². The highest BCUT2D eigenvalue weighted by molar-refractivity contribution is 6.29. The largest absolute Gasteiger partial charge is 0.342 e. The van der Waals surface area contributed by atoms with Crippen molar-refractivity contribution in [2.24, 2.45) is 0 Å². The fourth-order valence-electron chi connectivity index (χ4n) is 4.97. The molecule has 0 saturated heterocycles. The second-order valence-electron chi connectivity index (χ2n) is 11.0. The standard InChI is InChI=1S/C36H25ClN12O2/c1-47(30-17-40-21-41-18-30)27-6-7-43-33(13-27)45-36(51)26-9-24(16-39)10-29(11-26)49-20-31(19-42-22-49)48(2)28-12-32(37)44-34(14-28)46-35(50)25-5-3-4-23(8-25)15-38/h3-14,17-22H,1-2H3,(H-,43,44,45,46,50,51)/p+1. The summed E-state index contributed by atoms with van der Waals surface area (Å²) in [5.74, 6) is -0.409. The molecule has 14 nitrogen and oxygen atoms in total. The minimum absolute atomic E-state index is 0.135. The third kappa shape index (κ3) is 7.89. The van der Waals surface area contributed by atoms with E-state index in [1.165, 1.54) is 18.5 Å². The van der Waals surface area contributed by atoms with E-state index in [4.69, 9.17) is 11.6 Å². The van der Waals surface area contributed by atoms with Crippen molar-refractivity contribution in [1.82, 2.24) is 24.9 Å². The Labute approximate surface area is 296 Å². The fourth-order valence-corrected chi connectivity index (χ4v) is 5.17. The molecule has 0 radical (unpaired) electrons. The maximum Gasteiger partial charge on any atom is 0.291 e. The highest BCUT2D eigenvalue weighted by Crippen LogP contribution is 2.28. The van der Waals surface area contributed by atoms with Crippen LogP contribution < -0.4 is 25.0 Å². The molecular weight excluding hydrogens is 668 g/mol. The maximum atomic E-state index is 13.5. The predicted molar refractivity (Wildman–Crippen MR) is 189 cm³/mol. The molecule has 0 aliphatic carbocycles. The zero-order chi connectivity index (χ0) is 35.9. The van der Waals surface area contributed by atoms with Crippen molar-refractivity contribution < 1.29 is 14.2 Å². The molecule has 0 bridgehead atoms. The average Bonchev–Trinajstić information content (AvgIpc) is 3.17. The number of aromatic nitrogens is 6. The molecule has 51 heavy (non-hydrogen) atoms. The van der Waals surface area contributed by atoms with Gasteiger partial charge in [-0.1, -0.05) is 22.7 Å². The van der Waals surface area contributed by atoms with Gasteiger partial charge in [-0.3, -0.25) is 9.59 Å². The zero-order valence-corrected chi connectivity index (χ0v) is 27.8. The molecule has 2 aromatic carbocycles. The molecule has 6 aromatic rings. The minimum atomic E-state index is -0.467. The number of amides is 2. The molecule has 0 aliphatic rings. The van der Waals surface area contributed by atoms with E-state index in [9.17, 15) is 20.1 Å². The van der Waals surface area contributed by atoms with Crippen molar-refractivity contribution in [2.45, 2.75) is 0 Å². The van der Waals surface area contributed by atoms with Crippen LogP contribution in [0.15, 0.2) is 110 Å². The molecule has 4 aromatic heterocycles. The smallest absolute Gasteiger partial charge is 0.291 e. The summed E-state index contributed by atoms with van der Waals surface area (Å²) in [4.78, 5) is 51.0. The van der Waals surface area contributed by atoms with Crippen molar-refractivity contribution in [1.29, 1.82) is 10.5 Å². The lowest BCUT2D eigenvalue weighted by Gasteiger charge is -2.19. The molecule has 248 valence electrons. The Kier molecular flexibility index (Phi) is 9.79. The highest BCUT2D eigenvalue weighted by atomic mass is 35.5. The second-order valence-corrected chi connectivity index (χ2v) is 11.4. The second kappa shape index (κ2) is 14.9. The summed E-state index contributed by atoms with van der Waals surface area (Å²) in [7, 11) is 3.63. The molecule has 2 N–H and O–H groups in total. The van der Waals surface area contributed by atoms with Crippen molar-refractivity contribution in [3.8, 4) is 17.8 Å². The van der Waals surface area contributed by atoms with Crippen LogP contribution in [0.3, 0.4) is 0 Å². The Hall–Kier alpha value is -7.29. The molecule has 2 amide bonds. The van der Waals surface area contributed by atoms with E-state index in [0.717, 1.165) is 11.4 Å². The summed E-state index contributed by atoms with van der Waals surface area (Å²) in [5, 5.41) is 24.7. The third-order valence-electron chi connectivity index (χ3n) is 7.63. The first-order valence-corrected chi connectivity index (χ1v) is 15.5. The number of hydrogen-bond donors (Lipinski definition) is 2. The zero-order valence-electron chi connectivity index (χ0n) is 27.1. The normalized spacial score (nSPS) is 10.4. The Morgan fingerprint density at radius 2 is 1.43 bits per heavy atom. The van der Waals surface area contributed by atoms with Crippen LogP contribution in [0.4, 0.5) is 34.4 Å². The van der Waals surface area contributed by atoms with Crippen LogP contribution in [0.1, 0.15) is 31.8 Å². The van der Waals surface area contributed by atoms with Gasteiger partial charge >= 0.3 is 0 Å². The van der Waals surface area contributed by atoms with Gasteiger partial charge in [-0.05, 0) is 42.5 Å². The molecular formula is C36H26ClN12O2+. The monoisotopic (exact) mass is 693 g/mol. The van der Waals surface area contributed by atoms with Gasteiger partial charge in [-0.2, -0.15) is 10.5 Å². The van der Waals surface area contributed by atoms with Gasteiger partial charge in [-0.15, -0.1) is 0 Å². The van der Waals surface area contributed by atoms with Crippen LogP contribution >= 0.6 is 11.6 Å². The van der Waals surface area contributed by atoms with Gasteiger partial charge in [0.25, 0.3) is 18.1 Å². The number of rotatable bonds is 9.